The summed E-state index contributed by atoms with van der Waals surface area (Å²) in [6.07, 6.45) is 0.948. The summed E-state index contributed by atoms with van der Waals surface area (Å²) in [4.78, 5) is 4.39. The zero-order valence-corrected chi connectivity index (χ0v) is 11.5. The molecule has 2 rings (SSSR count). The van der Waals surface area contributed by atoms with Crippen LogP contribution >= 0.6 is 0 Å². The van der Waals surface area contributed by atoms with E-state index in [0.29, 0.717) is 6.61 Å². The summed E-state index contributed by atoms with van der Waals surface area (Å²) in [6.45, 7) is 5.64. The first-order valence-electron chi connectivity index (χ1n) is 6.61. The van der Waals surface area contributed by atoms with Crippen molar-refractivity contribution in [1.82, 2.24) is 4.98 Å². The summed E-state index contributed by atoms with van der Waals surface area (Å²) >= 11 is 0. The lowest BCUT2D eigenvalue weighted by molar-refractivity contribution is 0.315. The fourth-order valence-electron chi connectivity index (χ4n) is 1.75. The van der Waals surface area contributed by atoms with Crippen molar-refractivity contribution in [2.45, 2.75) is 20.3 Å². The van der Waals surface area contributed by atoms with Crippen LogP contribution in [0.1, 0.15) is 17.7 Å². The second kappa shape index (κ2) is 6.78. The van der Waals surface area contributed by atoms with Crippen LogP contribution in [0.4, 0.5) is 5.82 Å². The number of anilines is 1. The van der Waals surface area contributed by atoms with E-state index in [1.807, 2.05) is 37.3 Å². The molecule has 100 valence electrons. The summed E-state index contributed by atoms with van der Waals surface area (Å²) < 4.78 is 5.66. The van der Waals surface area contributed by atoms with E-state index in [0.717, 1.165) is 30.2 Å². The van der Waals surface area contributed by atoms with E-state index in [1.54, 1.807) is 0 Å². The van der Waals surface area contributed by atoms with E-state index in [1.165, 1.54) is 5.56 Å². The van der Waals surface area contributed by atoms with Gasteiger partial charge in [-0.3, -0.25) is 0 Å². The fourth-order valence-corrected chi connectivity index (χ4v) is 1.75. The molecule has 2 aromatic rings. The number of hydrogen-bond acceptors (Lipinski definition) is 3. The van der Waals surface area contributed by atoms with Gasteiger partial charge in [0.05, 0.1) is 6.61 Å². The van der Waals surface area contributed by atoms with Gasteiger partial charge in [0.1, 0.15) is 11.6 Å². The van der Waals surface area contributed by atoms with Crippen LogP contribution < -0.4 is 10.1 Å². The van der Waals surface area contributed by atoms with Gasteiger partial charge in [0.2, 0.25) is 0 Å². The average Bonchev–Trinajstić information content (AvgIpc) is 2.41. The number of nitrogens with one attached hydrogen (secondary N) is 1. The van der Waals surface area contributed by atoms with E-state index in [-0.39, 0.29) is 0 Å². The van der Waals surface area contributed by atoms with Gasteiger partial charge in [-0.1, -0.05) is 23.8 Å². The van der Waals surface area contributed by atoms with Gasteiger partial charge in [-0.05, 0) is 44.5 Å². The molecule has 0 aliphatic carbocycles. The molecule has 3 nitrogen and oxygen atoms in total. The third-order valence-corrected chi connectivity index (χ3v) is 2.81. The first-order valence-corrected chi connectivity index (χ1v) is 6.61. The van der Waals surface area contributed by atoms with Gasteiger partial charge in [0.15, 0.2) is 0 Å². The van der Waals surface area contributed by atoms with Crippen LogP contribution in [0.25, 0.3) is 0 Å². The molecule has 0 saturated carbocycles. The van der Waals surface area contributed by atoms with Crippen LogP contribution in [-0.2, 0) is 0 Å². The maximum atomic E-state index is 5.66. The molecular weight excluding hydrogens is 236 g/mol. The molecule has 0 atom stereocenters. The Morgan fingerprint density at radius 3 is 2.58 bits per heavy atom. The molecule has 0 spiro atoms. The first-order chi connectivity index (χ1) is 9.24. The number of aromatic nitrogens is 1. The van der Waals surface area contributed by atoms with Gasteiger partial charge in [-0.15, -0.1) is 0 Å². The molecule has 1 heterocycles. The van der Waals surface area contributed by atoms with Crippen LogP contribution in [0.5, 0.6) is 5.75 Å². The number of ether oxygens (including phenoxy) is 1. The molecule has 0 aliphatic heterocycles. The van der Waals surface area contributed by atoms with Crippen molar-refractivity contribution in [2.24, 2.45) is 0 Å². The lowest BCUT2D eigenvalue weighted by Gasteiger charge is -2.08. The van der Waals surface area contributed by atoms with Gasteiger partial charge >= 0.3 is 0 Å². The number of benzene rings is 1. The smallest absolute Gasteiger partial charge is 0.126 e. The fraction of sp³-hybridized carbons (Fsp3) is 0.312. The van der Waals surface area contributed by atoms with Crippen molar-refractivity contribution in [3.8, 4) is 5.75 Å². The number of hydrogen-bond donors (Lipinski definition) is 1. The van der Waals surface area contributed by atoms with E-state index in [9.17, 15) is 0 Å². The standard InChI is InChI=1S/C16H20N2O/c1-13-7-9-15(10-8-13)19-12-4-11-17-16-6-3-5-14(2)18-16/h3,5-10H,4,11-12H2,1-2H3,(H,17,18). The van der Waals surface area contributed by atoms with Crippen LogP contribution in [-0.4, -0.2) is 18.1 Å². The highest BCUT2D eigenvalue weighted by molar-refractivity contribution is 5.34. The molecule has 1 aromatic heterocycles. The van der Waals surface area contributed by atoms with Crippen LogP contribution in [0.3, 0.4) is 0 Å². The summed E-state index contributed by atoms with van der Waals surface area (Å²) in [5.41, 5.74) is 2.28. The van der Waals surface area contributed by atoms with Crippen molar-refractivity contribution in [3.63, 3.8) is 0 Å². The number of nitrogens with zero attached hydrogens (tertiary/aromatic N) is 1. The molecule has 0 radical (unpaired) electrons. The molecule has 0 saturated heterocycles. The Kier molecular flexibility index (Phi) is 4.78. The van der Waals surface area contributed by atoms with Crippen molar-refractivity contribution < 1.29 is 4.74 Å². The molecular formula is C16H20N2O. The zero-order valence-electron chi connectivity index (χ0n) is 11.5. The molecule has 19 heavy (non-hydrogen) atoms. The number of rotatable bonds is 6. The molecule has 0 unspecified atom stereocenters. The Bertz CT molecular complexity index is 508. The van der Waals surface area contributed by atoms with E-state index in [2.05, 4.69) is 29.4 Å². The van der Waals surface area contributed by atoms with Crippen molar-refractivity contribution >= 4 is 5.82 Å². The van der Waals surface area contributed by atoms with Crippen molar-refractivity contribution in [1.29, 1.82) is 0 Å². The predicted octanol–water partition coefficient (Wildman–Crippen LogP) is 3.58. The molecule has 0 aliphatic rings. The van der Waals surface area contributed by atoms with Crippen LogP contribution in [0.15, 0.2) is 42.5 Å². The third kappa shape index (κ3) is 4.62. The topological polar surface area (TPSA) is 34.1 Å². The summed E-state index contributed by atoms with van der Waals surface area (Å²) in [6, 6.07) is 14.1. The van der Waals surface area contributed by atoms with Gasteiger partial charge in [-0.2, -0.15) is 0 Å². The Morgan fingerprint density at radius 1 is 1.05 bits per heavy atom. The first kappa shape index (κ1) is 13.4. The summed E-state index contributed by atoms with van der Waals surface area (Å²) in [5, 5.41) is 3.29. The number of pyridine rings is 1. The minimum atomic E-state index is 0.710. The average molecular weight is 256 g/mol. The summed E-state index contributed by atoms with van der Waals surface area (Å²) in [7, 11) is 0. The maximum Gasteiger partial charge on any atom is 0.126 e. The third-order valence-electron chi connectivity index (χ3n) is 2.81. The summed E-state index contributed by atoms with van der Waals surface area (Å²) in [5.74, 6) is 1.86. The highest BCUT2D eigenvalue weighted by Gasteiger charge is 1.95. The molecule has 1 aromatic carbocycles. The van der Waals surface area contributed by atoms with Gasteiger partial charge in [0.25, 0.3) is 0 Å². The minimum Gasteiger partial charge on any atom is -0.494 e. The minimum absolute atomic E-state index is 0.710. The maximum absolute atomic E-state index is 5.66. The van der Waals surface area contributed by atoms with Gasteiger partial charge < -0.3 is 10.1 Å². The Balaban J connectivity index is 1.66. The van der Waals surface area contributed by atoms with E-state index in [4.69, 9.17) is 4.74 Å². The second-order valence-corrected chi connectivity index (χ2v) is 4.61. The largest absolute Gasteiger partial charge is 0.494 e. The van der Waals surface area contributed by atoms with E-state index >= 15 is 0 Å². The Labute approximate surface area is 114 Å². The molecule has 0 fully saturated rings. The molecule has 0 bridgehead atoms. The van der Waals surface area contributed by atoms with Gasteiger partial charge in [0, 0.05) is 12.2 Å². The quantitative estimate of drug-likeness (QED) is 0.802. The molecule has 1 N–H and O–H groups in total. The lowest BCUT2D eigenvalue weighted by atomic mass is 10.2. The van der Waals surface area contributed by atoms with E-state index < -0.39 is 0 Å². The SMILES string of the molecule is Cc1ccc(OCCCNc2cccc(C)n2)cc1. The second-order valence-electron chi connectivity index (χ2n) is 4.61. The Hall–Kier alpha value is -2.03. The zero-order chi connectivity index (χ0) is 13.5. The van der Waals surface area contributed by atoms with Crippen LogP contribution in [0.2, 0.25) is 0 Å². The molecule has 0 amide bonds. The predicted molar refractivity (Wildman–Crippen MR) is 78.8 cm³/mol. The normalized spacial score (nSPS) is 10.2. The highest BCUT2D eigenvalue weighted by Crippen LogP contribution is 2.11. The van der Waals surface area contributed by atoms with Crippen molar-refractivity contribution in [2.75, 3.05) is 18.5 Å². The molecule has 3 heteroatoms. The monoisotopic (exact) mass is 256 g/mol. The lowest BCUT2D eigenvalue weighted by Crippen LogP contribution is -2.08. The van der Waals surface area contributed by atoms with Gasteiger partial charge in [-0.25, -0.2) is 4.98 Å². The van der Waals surface area contributed by atoms with Crippen molar-refractivity contribution in [3.05, 3.63) is 53.7 Å². The van der Waals surface area contributed by atoms with Crippen LogP contribution in [0, 0.1) is 13.8 Å². The highest BCUT2D eigenvalue weighted by atomic mass is 16.5. The number of aryl methyl sites for hydroxylation is 2. The Morgan fingerprint density at radius 2 is 1.84 bits per heavy atom.